The quantitative estimate of drug-likeness (QED) is 0.0421. The fraction of sp³-hybridized carbons (Fsp3) is 0.294. The second-order valence-electron chi connectivity index (χ2n) is 12.0. The van der Waals surface area contributed by atoms with Crippen LogP contribution in [0.3, 0.4) is 0 Å². The lowest BCUT2D eigenvalue weighted by Gasteiger charge is -2.29. The predicted molar refractivity (Wildman–Crippen MR) is 165 cm³/mol. The largest absolute Gasteiger partial charge is 0.207 e. The summed E-state index contributed by atoms with van der Waals surface area (Å²) < 4.78 is 145. The molecule has 0 fully saturated rings. The van der Waals surface area contributed by atoms with Crippen LogP contribution in [0.5, 0.6) is 0 Å². The van der Waals surface area contributed by atoms with Crippen molar-refractivity contribution in [3.8, 4) is 0 Å². The Morgan fingerprint density at radius 3 is 1.02 bits per heavy atom. The molecule has 0 aliphatic carbocycles. The number of benzene rings is 4. The van der Waals surface area contributed by atoms with Crippen molar-refractivity contribution in [2.24, 2.45) is 0 Å². The Bertz CT molecular complexity index is 1610. The van der Waals surface area contributed by atoms with Crippen LogP contribution in [0, 0.1) is 99.7 Å². The second kappa shape index (κ2) is 13.8. The lowest BCUT2D eigenvalue weighted by atomic mass is 9.37. The molecule has 0 aliphatic heterocycles. The molecule has 0 saturated heterocycles. The normalized spacial score (nSPS) is 11.8. The van der Waals surface area contributed by atoms with Crippen LogP contribution in [-0.4, -0.2) is 12.9 Å². The van der Waals surface area contributed by atoms with Crippen molar-refractivity contribution in [3.63, 3.8) is 0 Å². The molecule has 0 spiro atoms. The van der Waals surface area contributed by atoms with E-state index in [0.29, 0.717) is 6.16 Å². The van der Waals surface area contributed by atoms with E-state index in [2.05, 4.69) is 0 Å². The molecule has 0 saturated carbocycles. The van der Waals surface area contributed by atoms with Crippen LogP contribution < -0.4 is 21.5 Å². The van der Waals surface area contributed by atoms with Gasteiger partial charge in [-0.25, -0.2) is 43.9 Å². The first-order chi connectivity index (χ1) is 21.5. The fourth-order valence-corrected chi connectivity index (χ4v) is 9.98. The van der Waals surface area contributed by atoms with E-state index >= 15 is 17.6 Å². The first-order valence-corrected chi connectivity index (χ1v) is 16.2. The van der Waals surface area contributed by atoms with Gasteiger partial charge in [0.1, 0.15) is 23.3 Å². The van der Waals surface area contributed by atoms with E-state index in [9.17, 15) is 26.3 Å². The number of rotatable bonds is 9. The average Bonchev–Trinajstić information content (AvgIpc) is 2.97. The van der Waals surface area contributed by atoms with E-state index in [0.717, 1.165) is 44.0 Å². The van der Waals surface area contributed by atoms with Crippen LogP contribution in [0.1, 0.15) is 46.2 Å². The molecule has 0 radical (unpaired) electrons. The zero-order valence-corrected chi connectivity index (χ0v) is 27.0. The van der Waals surface area contributed by atoms with E-state index < -0.39 is 90.1 Å². The summed E-state index contributed by atoms with van der Waals surface area (Å²) in [6, 6.07) is 8.18. The van der Waals surface area contributed by atoms with Crippen LogP contribution >= 0.6 is 7.92 Å². The third-order valence-corrected chi connectivity index (χ3v) is 11.8. The van der Waals surface area contributed by atoms with Gasteiger partial charge in [-0.15, -0.1) is 10.9 Å². The van der Waals surface area contributed by atoms with Crippen LogP contribution in [0.15, 0.2) is 24.3 Å². The van der Waals surface area contributed by atoms with Crippen molar-refractivity contribution in [1.29, 1.82) is 0 Å². The van der Waals surface area contributed by atoms with Gasteiger partial charge in [-0.1, -0.05) is 48.2 Å². The van der Waals surface area contributed by atoms with Crippen molar-refractivity contribution in [1.82, 2.24) is 0 Å². The van der Waals surface area contributed by atoms with Crippen molar-refractivity contribution < 1.29 is 43.9 Å². The summed E-state index contributed by atoms with van der Waals surface area (Å²) in [6.07, 6.45) is 0.0357. The first-order valence-electron chi connectivity index (χ1n) is 14.7. The van der Waals surface area contributed by atoms with Crippen molar-refractivity contribution in [2.75, 3.05) is 6.16 Å². The minimum atomic E-state index is -3.54. The van der Waals surface area contributed by atoms with Crippen molar-refractivity contribution in [3.05, 3.63) is 116 Å². The monoisotopic (exact) mass is 671 g/mol. The molecule has 4 aromatic rings. The Morgan fingerprint density at radius 2 is 0.717 bits per heavy atom. The zero-order chi connectivity index (χ0) is 34.4. The van der Waals surface area contributed by atoms with Crippen molar-refractivity contribution >= 4 is 36.2 Å². The molecular formula is C34H31BF10P-. The SMILES string of the molecule is Cc1cc(C)c(P(CCCC[BH-](c2c(F)c(F)c(F)c(F)c2F)c2c(F)c(F)c(F)c(F)c2F)c2c(C)cc(C)cc2C)c(C)c1. The average molecular weight is 671 g/mol. The Labute approximate surface area is 262 Å². The fourth-order valence-electron chi connectivity index (χ4n) is 6.81. The van der Waals surface area contributed by atoms with E-state index in [-0.39, 0.29) is 12.8 Å². The summed E-state index contributed by atoms with van der Waals surface area (Å²) in [7, 11) is -1.08. The van der Waals surface area contributed by atoms with E-state index in [4.69, 9.17) is 0 Å². The lowest BCUT2D eigenvalue weighted by Crippen LogP contribution is -2.50. The molecule has 0 unspecified atom stereocenters. The Balaban J connectivity index is 1.80. The van der Waals surface area contributed by atoms with Gasteiger partial charge in [-0.05, 0) is 88.5 Å². The number of halogens is 10. The molecule has 12 heteroatoms. The summed E-state index contributed by atoms with van der Waals surface area (Å²) >= 11 is 0. The molecular weight excluding hydrogens is 640 g/mol. The van der Waals surface area contributed by atoms with Crippen LogP contribution in [0.4, 0.5) is 43.9 Å². The van der Waals surface area contributed by atoms with Gasteiger partial charge in [0, 0.05) is 0 Å². The first kappa shape index (κ1) is 35.5. The van der Waals surface area contributed by atoms with Gasteiger partial charge in [0.2, 0.25) is 0 Å². The summed E-state index contributed by atoms with van der Waals surface area (Å²) in [4.78, 5) is 0. The van der Waals surface area contributed by atoms with Crippen LogP contribution in [0.25, 0.3) is 0 Å². The van der Waals surface area contributed by atoms with Gasteiger partial charge in [0.25, 0.3) is 0 Å². The van der Waals surface area contributed by atoms with Crippen LogP contribution in [-0.2, 0) is 0 Å². The maximum atomic E-state index is 15.0. The molecule has 0 N–H and O–H groups in total. The van der Waals surface area contributed by atoms with Crippen molar-refractivity contribution in [2.45, 2.75) is 60.7 Å². The molecule has 0 bridgehead atoms. The molecule has 246 valence electrons. The van der Waals surface area contributed by atoms with Gasteiger partial charge in [0.05, 0.1) is 6.71 Å². The smallest absolute Gasteiger partial charge is 0.200 e. The zero-order valence-electron chi connectivity index (χ0n) is 26.1. The topological polar surface area (TPSA) is 0 Å². The third kappa shape index (κ3) is 6.44. The van der Waals surface area contributed by atoms with E-state index in [1.807, 2.05) is 65.8 Å². The Morgan fingerprint density at radius 1 is 0.435 bits per heavy atom. The molecule has 0 aliphatic rings. The van der Waals surface area contributed by atoms with Gasteiger partial charge in [0.15, 0.2) is 34.9 Å². The standard InChI is InChI=1S/C34H31BF10P/c1-15-11-17(3)33(18(4)12-15)46(34-19(5)13-16(2)14-20(34)6)10-8-7-9-35(21-23(36)27(40)31(44)28(41)24(21)37)22-25(38)29(42)32(45)30(43)26(22)39/h11-14,35H,7-10H2,1-6H3/q-1. The third-order valence-electron chi connectivity index (χ3n) is 8.50. The minimum Gasteiger partial charge on any atom is -0.207 e. The van der Waals surface area contributed by atoms with Gasteiger partial charge in [-0.2, -0.15) is 6.32 Å². The number of hydrogen-bond donors (Lipinski definition) is 0. The molecule has 0 nitrogen and oxygen atoms in total. The number of aryl methyl sites for hydroxylation is 6. The predicted octanol–water partition coefficient (Wildman–Crippen LogP) is 8.18. The van der Waals surface area contributed by atoms with Gasteiger partial charge >= 0.3 is 0 Å². The Hall–Kier alpha value is -3.33. The summed E-state index contributed by atoms with van der Waals surface area (Å²) in [6.45, 7) is 8.33. The summed E-state index contributed by atoms with van der Waals surface area (Å²) in [5.41, 5.74) is 3.09. The molecule has 4 aromatic carbocycles. The summed E-state index contributed by atoms with van der Waals surface area (Å²) in [5.74, 6) is -24.0. The van der Waals surface area contributed by atoms with Gasteiger partial charge < -0.3 is 0 Å². The highest BCUT2D eigenvalue weighted by atomic mass is 31.1. The highest BCUT2D eigenvalue weighted by Crippen LogP contribution is 2.40. The molecule has 0 aromatic heterocycles. The molecule has 4 rings (SSSR count). The maximum absolute atomic E-state index is 15.0. The van der Waals surface area contributed by atoms with E-state index in [1.165, 1.54) is 0 Å². The molecule has 46 heavy (non-hydrogen) atoms. The minimum absolute atomic E-state index is 0.0776. The lowest BCUT2D eigenvalue weighted by molar-refractivity contribution is 0.382. The van der Waals surface area contributed by atoms with E-state index in [1.54, 1.807) is 0 Å². The maximum Gasteiger partial charge on any atom is 0.200 e. The highest BCUT2D eigenvalue weighted by molar-refractivity contribution is 7.73. The van der Waals surface area contributed by atoms with Gasteiger partial charge in [-0.3, -0.25) is 0 Å². The Kier molecular flexibility index (Phi) is 10.7. The second-order valence-corrected chi connectivity index (χ2v) is 14.2. The highest BCUT2D eigenvalue weighted by Gasteiger charge is 2.32. The molecule has 0 amide bonds. The molecule has 0 atom stereocenters. The molecule has 0 heterocycles. The summed E-state index contributed by atoms with van der Waals surface area (Å²) in [5, 5.41) is 2.19. The number of hydrogen-bond acceptors (Lipinski definition) is 0. The van der Waals surface area contributed by atoms with Crippen LogP contribution in [0.2, 0.25) is 6.32 Å². The number of unbranched alkanes of at least 4 members (excludes halogenated alkanes) is 1.